The molecule has 3 nitrogen and oxygen atoms in total. The van der Waals surface area contributed by atoms with E-state index in [-0.39, 0.29) is 0 Å². The largest absolute Gasteiger partial charge is 0.270 e. The quantitative estimate of drug-likeness (QED) is 0.712. The van der Waals surface area contributed by atoms with Crippen LogP contribution < -0.4 is 0 Å². The Balaban J connectivity index is 3.28. The summed E-state index contributed by atoms with van der Waals surface area (Å²) in [6.45, 7) is 2.03. The zero-order valence-corrected chi connectivity index (χ0v) is 8.01. The van der Waals surface area contributed by atoms with E-state index >= 15 is 0 Å². The minimum absolute atomic E-state index is 0.462. The van der Waals surface area contributed by atoms with Gasteiger partial charge in [-0.3, -0.25) is 4.68 Å². The average Bonchev–Trinajstić information content (AvgIpc) is 2.26. The molecule has 0 aliphatic heterocycles. The van der Waals surface area contributed by atoms with E-state index in [0.717, 1.165) is 16.6 Å². The molecule has 1 aromatic rings. The number of aryl methyl sites for hydroxylation is 1. The van der Waals surface area contributed by atoms with E-state index in [4.69, 9.17) is 5.26 Å². The number of rotatable bonds is 1. The van der Waals surface area contributed by atoms with Crippen molar-refractivity contribution in [2.24, 2.45) is 7.05 Å². The zero-order valence-electron chi connectivity index (χ0n) is 6.43. The molecule has 0 radical (unpaired) electrons. The first-order chi connectivity index (χ1) is 5.20. The maximum Gasteiger partial charge on any atom is 0.176 e. The molecule has 0 amide bonds. The lowest BCUT2D eigenvalue weighted by Crippen LogP contribution is -1.96. The summed E-state index contributed by atoms with van der Waals surface area (Å²) >= 11 is 3.32. The molecule has 0 saturated heterocycles. The van der Waals surface area contributed by atoms with Crippen LogP contribution in [0.5, 0.6) is 0 Å². The number of hydrogen-bond acceptors (Lipinski definition) is 2. The highest BCUT2D eigenvalue weighted by Gasteiger charge is 2.10. The van der Waals surface area contributed by atoms with Gasteiger partial charge in [0.05, 0.1) is 10.2 Å². The molecule has 0 atom stereocenters. The van der Waals surface area contributed by atoms with E-state index in [2.05, 4.69) is 21.0 Å². The molecule has 0 aliphatic rings. The first kappa shape index (κ1) is 8.28. The van der Waals surface area contributed by atoms with E-state index in [9.17, 15) is 0 Å². The van der Waals surface area contributed by atoms with Crippen LogP contribution in [0.25, 0.3) is 0 Å². The number of aromatic nitrogens is 2. The van der Waals surface area contributed by atoms with E-state index in [1.165, 1.54) is 0 Å². The number of nitriles is 1. The van der Waals surface area contributed by atoms with E-state index < -0.39 is 0 Å². The van der Waals surface area contributed by atoms with E-state index in [1.54, 1.807) is 4.68 Å². The summed E-state index contributed by atoms with van der Waals surface area (Å²) in [5.41, 5.74) is 1.52. The lowest BCUT2D eigenvalue weighted by atomic mass is 10.3. The minimum Gasteiger partial charge on any atom is -0.270 e. The predicted octanol–water partition coefficient (Wildman–Crippen LogP) is 1.62. The van der Waals surface area contributed by atoms with Gasteiger partial charge in [0.15, 0.2) is 5.69 Å². The molecule has 0 unspecified atom stereocenters. The molecule has 1 heterocycles. The van der Waals surface area contributed by atoms with E-state index in [1.807, 2.05) is 20.0 Å². The molecule has 0 aromatic carbocycles. The standard InChI is InChI=1S/C7H8BrN3/c1-3-6-7(8)5(4-9)10-11(6)2/h3H2,1-2H3. The smallest absolute Gasteiger partial charge is 0.176 e. The Hall–Kier alpha value is -0.820. The molecule has 0 fully saturated rings. The topological polar surface area (TPSA) is 41.6 Å². The minimum atomic E-state index is 0.462. The van der Waals surface area contributed by atoms with Gasteiger partial charge in [-0.2, -0.15) is 10.4 Å². The first-order valence-corrected chi connectivity index (χ1v) is 4.11. The Morgan fingerprint density at radius 2 is 2.36 bits per heavy atom. The van der Waals surface area contributed by atoms with Gasteiger partial charge in [0, 0.05) is 7.05 Å². The lowest BCUT2D eigenvalue weighted by molar-refractivity contribution is 0.714. The van der Waals surface area contributed by atoms with Gasteiger partial charge in [0.1, 0.15) is 6.07 Å². The third kappa shape index (κ3) is 1.29. The fourth-order valence-electron chi connectivity index (χ4n) is 0.988. The molecule has 11 heavy (non-hydrogen) atoms. The number of halogens is 1. The number of hydrogen-bond donors (Lipinski definition) is 0. The second-order valence-electron chi connectivity index (χ2n) is 2.20. The molecule has 4 heteroatoms. The Kier molecular flexibility index (Phi) is 2.30. The Bertz CT molecular complexity index is 308. The van der Waals surface area contributed by atoms with Gasteiger partial charge in [-0.25, -0.2) is 0 Å². The highest BCUT2D eigenvalue weighted by atomic mass is 79.9. The van der Waals surface area contributed by atoms with Gasteiger partial charge >= 0.3 is 0 Å². The van der Waals surface area contributed by atoms with Crippen LogP contribution >= 0.6 is 15.9 Å². The van der Waals surface area contributed by atoms with Crippen LogP contribution in [-0.4, -0.2) is 9.78 Å². The molecule has 0 bridgehead atoms. The normalized spacial score (nSPS) is 9.64. The molecule has 1 rings (SSSR count). The third-order valence-corrected chi connectivity index (χ3v) is 2.38. The third-order valence-electron chi connectivity index (χ3n) is 1.54. The van der Waals surface area contributed by atoms with Gasteiger partial charge in [-0.15, -0.1) is 0 Å². The second-order valence-corrected chi connectivity index (χ2v) is 2.99. The van der Waals surface area contributed by atoms with Crippen LogP contribution in [-0.2, 0) is 13.5 Å². The van der Waals surface area contributed by atoms with Gasteiger partial charge in [-0.05, 0) is 22.4 Å². The maximum absolute atomic E-state index is 8.60. The van der Waals surface area contributed by atoms with Crippen LogP contribution in [0, 0.1) is 11.3 Å². The van der Waals surface area contributed by atoms with Crippen LogP contribution in [0.2, 0.25) is 0 Å². The monoisotopic (exact) mass is 213 g/mol. The summed E-state index contributed by atoms with van der Waals surface area (Å²) in [7, 11) is 1.84. The lowest BCUT2D eigenvalue weighted by Gasteiger charge is -1.95. The summed E-state index contributed by atoms with van der Waals surface area (Å²) in [4.78, 5) is 0. The van der Waals surface area contributed by atoms with Gasteiger partial charge in [-0.1, -0.05) is 6.92 Å². The fourth-order valence-corrected chi connectivity index (χ4v) is 1.69. The zero-order chi connectivity index (χ0) is 8.43. The van der Waals surface area contributed by atoms with E-state index in [0.29, 0.717) is 5.69 Å². The Morgan fingerprint density at radius 3 is 2.64 bits per heavy atom. The molecular formula is C7H8BrN3. The van der Waals surface area contributed by atoms with Crippen molar-refractivity contribution in [1.82, 2.24) is 9.78 Å². The van der Waals surface area contributed by atoms with Crippen molar-refractivity contribution in [2.45, 2.75) is 13.3 Å². The summed E-state index contributed by atoms with van der Waals surface area (Å²) < 4.78 is 2.55. The molecule has 0 N–H and O–H groups in total. The van der Waals surface area contributed by atoms with Crippen molar-refractivity contribution in [2.75, 3.05) is 0 Å². The van der Waals surface area contributed by atoms with Crippen molar-refractivity contribution in [3.63, 3.8) is 0 Å². The van der Waals surface area contributed by atoms with Crippen molar-refractivity contribution in [3.05, 3.63) is 15.9 Å². The summed E-state index contributed by atoms with van der Waals surface area (Å²) in [5.74, 6) is 0. The molecular weight excluding hydrogens is 206 g/mol. The van der Waals surface area contributed by atoms with Crippen LogP contribution in [0.4, 0.5) is 0 Å². The van der Waals surface area contributed by atoms with Crippen molar-refractivity contribution in [1.29, 1.82) is 5.26 Å². The maximum atomic E-state index is 8.60. The van der Waals surface area contributed by atoms with Crippen LogP contribution in [0.3, 0.4) is 0 Å². The molecule has 0 aliphatic carbocycles. The molecule has 58 valence electrons. The summed E-state index contributed by atoms with van der Waals surface area (Å²) in [5, 5.41) is 12.6. The van der Waals surface area contributed by atoms with Gasteiger partial charge in [0.2, 0.25) is 0 Å². The first-order valence-electron chi connectivity index (χ1n) is 3.32. The average molecular weight is 214 g/mol. The summed E-state index contributed by atoms with van der Waals surface area (Å²) in [6, 6.07) is 2.01. The highest BCUT2D eigenvalue weighted by Crippen LogP contribution is 2.20. The SMILES string of the molecule is CCc1c(Br)c(C#N)nn1C. The Labute approximate surface area is 73.8 Å². The van der Waals surface area contributed by atoms with Crippen molar-refractivity contribution < 1.29 is 0 Å². The second kappa shape index (κ2) is 3.05. The van der Waals surface area contributed by atoms with Crippen molar-refractivity contribution >= 4 is 15.9 Å². The molecule has 1 aromatic heterocycles. The fraction of sp³-hybridized carbons (Fsp3) is 0.429. The van der Waals surface area contributed by atoms with Crippen molar-refractivity contribution in [3.8, 4) is 6.07 Å². The molecule has 0 saturated carbocycles. The Morgan fingerprint density at radius 1 is 1.73 bits per heavy atom. The van der Waals surface area contributed by atoms with Gasteiger partial charge in [0.25, 0.3) is 0 Å². The summed E-state index contributed by atoms with van der Waals surface area (Å²) in [6.07, 6.45) is 0.881. The molecule has 0 spiro atoms. The van der Waals surface area contributed by atoms with Gasteiger partial charge < -0.3 is 0 Å². The van der Waals surface area contributed by atoms with Crippen LogP contribution in [0.15, 0.2) is 4.47 Å². The predicted molar refractivity (Wildman–Crippen MR) is 45.0 cm³/mol. The highest BCUT2D eigenvalue weighted by molar-refractivity contribution is 9.10. The number of nitrogens with zero attached hydrogens (tertiary/aromatic N) is 3. The van der Waals surface area contributed by atoms with Crippen LogP contribution in [0.1, 0.15) is 18.3 Å².